The normalized spacial score (nSPS) is 9.96. The van der Waals surface area contributed by atoms with Crippen LogP contribution in [0.5, 0.6) is 5.75 Å². The summed E-state index contributed by atoms with van der Waals surface area (Å²) in [5, 5.41) is 13.2. The Balaban J connectivity index is 2.00. The number of ether oxygens (including phenoxy) is 2. The van der Waals surface area contributed by atoms with Gasteiger partial charge in [0.05, 0.1) is 23.3 Å². The first kappa shape index (κ1) is 17.9. The summed E-state index contributed by atoms with van der Waals surface area (Å²) in [6.45, 7) is 1.45. The molecule has 0 atom stereocenters. The number of benzene rings is 1. The van der Waals surface area contributed by atoms with E-state index in [-0.39, 0.29) is 29.4 Å². The smallest absolute Gasteiger partial charge is 0.359 e. The van der Waals surface area contributed by atoms with Gasteiger partial charge in [0.2, 0.25) is 0 Å². The summed E-state index contributed by atoms with van der Waals surface area (Å²) in [5.41, 5.74) is 0.0245. The molecule has 130 valence electrons. The molecular formula is C16H15N3O6. The lowest BCUT2D eigenvalue weighted by atomic mass is 10.3. The molecule has 0 aliphatic carbocycles. The van der Waals surface area contributed by atoms with Crippen molar-refractivity contribution in [3.8, 4) is 5.75 Å². The van der Waals surface area contributed by atoms with Gasteiger partial charge in [-0.1, -0.05) is 6.07 Å². The maximum Gasteiger partial charge on any atom is 0.359 e. The van der Waals surface area contributed by atoms with Crippen molar-refractivity contribution in [3.05, 3.63) is 58.4 Å². The zero-order valence-corrected chi connectivity index (χ0v) is 13.3. The van der Waals surface area contributed by atoms with Crippen LogP contribution in [0.25, 0.3) is 0 Å². The number of anilines is 1. The Hall–Kier alpha value is -3.49. The first-order valence-electron chi connectivity index (χ1n) is 7.30. The zero-order valence-electron chi connectivity index (χ0n) is 13.3. The Labute approximate surface area is 142 Å². The number of nitro groups is 1. The van der Waals surface area contributed by atoms with Gasteiger partial charge in [0.1, 0.15) is 5.75 Å². The van der Waals surface area contributed by atoms with Crippen molar-refractivity contribution >= 4 is 23.3 Å². The fourth-order valence-corrected chi connectivity index (χ4v) is 1.89. The first-order chi connectivity index (χ1) is 12.0. The molecule has 0 saturated carbocycles. The second-order valence-electron chi connectivity index (χ2n) is 4.71. The maximum absolute atomic E-state index is 12.0. The second-order valence-corrected chi connectivity index (χ2v) is 4.71. The first-order valence-corrected chi connectivity index (χ1v) is 7.30. The van der Waals surface area contributed by atoms with E-state index in [2.05, 4.69) is 10.3 Å². The Morgan fingerprint density at radius 1 is 1.28 bits per heavy atom. The van der Waals surface area contributed by atoms with Crippen molar-refractivity contribution in [1.82, 2.24) is 4.98 Å². The highest BCUT2D eigenvalue weighted by atomic mass is 16.6. The molecule has 0 fully saturated rings. The predicted molar refractivity (Wildman–Crippen MR) is 87.4 cm³/mol. The van der Waals surface area contributed by atoms with Crippen LogP contribution in [0.2, 0.25) is 0 Å². The number of nitrogens with zero attached hydrogens (tertiary/aromatic N) is 2. The number of amides is 1. The molecule has 2 rings (SSSR count). The number of nitrogens with one attached hydrogen (secondary N) is 1. The molecule has 9 heteroatoms. The molecule has 0 aliphatic heterocycles. The van der Waals surface area contributed by atoms with E-state index in [4.69, 9.17) is 9.47 Å². The lowest BCUT2D eigenvalue weighted by Gasteiger charge is -2.10. The van der Waals surface area contributed by atoms with Crippen molar-refractivity contribution in [2.24, 2.45) is 0 Å². The van der Waals surface area contributed by atoms with Gasteiger partial charge in [-0.05, 0) is 25.1 Å². The average Bonchev–Trinajstić information content (AvgIpc) is 2.61. The minimum atomic E-state index is -0.655. The third-order valence-electron chi connectivity index (χ3n) is 2.95. The van der Waals surface area contributed by atoms with Crippen molar-refractivity contribution in [3.63, 3.8) is 0 Å². The molecule has 0 bridgehead atoms. The van der Waals surface area contributed by atoms with E-state index in [9.17, 15) is 19.7 Å². The number of esters is 1. The van der Waals surface area contributed by atoms with Crippen LogP contribution in [0.4, 0.5) is 11.4 Å². The summed E-state index contributed by atoms with van der Waals surface area (Å²) in [6.07, 6.45) is 1.40. The minimum Gasteiger partial charge on any atom is -0.484 e. The molecule has 1 N–H and O–H groups in total. The molecular weight excluding hydrogens is 330 g/mol. The highest BCUT2D eigenvalue weighted by Gasteiger charge is 2.16. The molecule has 1 heterocycles. The summed E-state index contributed by atoms with van der Waals surface area (Å²) < 4.78 is 10.1. The van der Waals surface area contributed by atoms with E-state index in [1.807, 2.05) is 0 Å². The van der Waals surface area contributed by atoms with Gasteiger partial charge in [-0.2, -0.15) is 0 Å². The quantitative estimate of drug-likeness (QED) is 0.464. The SMILES string of the molecule is CCOC(=O)c1ncccc1NC(=O)COc1cccc([N+](=O)[O-])c1. The lowest BCUT2D eigenvalue weighted by molar-refractivity contribution is -0.384. The van der Waals surface area contributed by atoms with Crippen LogP contribution in [-0.2, 0) is 9.53 Å². The molecule has 2 aromatic rings. The molecule has 0 radical (unpaired) electrons. The molecule has 0 spiro atoms. The minimum absolute atomic E-state index is 0.0203. The molecule has 1 aromatic heterocycles. The monoisotopic (exact) mass is 345 g/mol. The van der Waals surface area contributed by atoms with Crippen LogP contribution in [0.15, 0.2) is 42.6 Å². The van der Waals surface area contributed by atoms with Crippen LogP contribution in [0, 0.1) is 10.1 Å². The third kappa shape index (κ3) is 4.99. The van der Waals surface area contributed by atoms with Gasteiger partial charge < -0.3 is 14.8 Å². The van der Waals surface area contributed by atoms with E-state index in [0.29, 0.717) is 0 Å². The Morgan fingerprint density at radius 3 is 2.80 bits per heavy atom. The number of carbonyl (C=O) groups excluding carboxylic acids is 2. The van der Waals surface area contributed by atoms with Gasteiger partial charge in [-0.15, -0.1) is 0 Å². The van der Waals surface area contributed by atoms with Crippen LogP contribution in [0.1, 0.15) is 17.4 Å². The zero-order chi connectivity index (χ0) is 18.2. The van der Waals surface area contributed by atoms with Gasteiger partial charge in [0, 0.05) is 12.3 Å². The van der Waals surface area contributed by atoms with Gasteiger partial charge in [-0.25, -0.2) is 9.78 Å². The van der Waals surface area contributed by atoms with Crippen molar-refractivity contribution < 1.29 is 24.0 Å². The molecule has 9 nitrogen and oxygen atoms in total. The Bertz CT molecular complexity index is 793. The Kier molecular flexibility index (Phi) is 5.99. The molecule has 1 aromatic carbocycles. The highest BCUT2D eigenvalue weighted by Crippen LogP contribution is 2.19. The second kappa shape index (κ2) is 8.39. The number of aromatic nitrogens is 1. The van der Waals surface area contributed by atoms with Crippen LogP contribution in [-0.4, -0.2) is 35.0 Å². The fraction of sp³-hybridized carbons (Fsp3) is 0.188. The maximum atomic E-state index is 12.0. The standard InChI is InChI=1S/C16H15N3O6/c1-2-24-16(21)15-13(7-4-8-17-15)18-14(20)10-25-12-6-3-5-11(9-12)19(22)23/h3-9H,2,10H2,1H3,(H,18,20). The van der Waals surface area contributed by atoms with Crippen molar-refractivity contribution in [1.29, 1.82) is 0 Å². The Morgan fingerprint density at radius 2 is 2.08 bits per heavy atom. The average molecular weight is 345 g/mol. The number of non-ortho nitro benzene ring substituents is 1. The van der Waals surface area contributed by atoms with E-state index in [1.165, 1.54) is 36.5 Å². The van der Waals surface area contributed by atoms with Crippen LogP contribution >= 0.6 is 0 Å². The number of hydrogen-bond donors (Lipinski definition) is 1. The summed E-state index contributed by atoms with van der Waals surface area (Å²) in [7, 11) is 0. The lowest BCUT2D eigenvalue weighted by Crippen LogP contribution is -2.22. The molecule has 25 heavy (non-hydrogen) atoms. The van der Waals surface area contributed by atoms with Gasteiger partial charge in [0.25, 0.3) is 11.6 Å². The third-order valence-corrected chi connectivity index (χ3v) is 2.95. The number of rotatable bonds is 7. The van der Waals surface area contributed by atoms with Crippen molar-refractivity contribution in [2.45, 2.75) is 6.92 Å². The summed E-state index contributed by atoms with van der Waals surface area (Å²) in [6, 6.07) is 8.53. The largest absolute Gasteiger partial charge is 0.484 e. The number of pyridine rings is 1. The molecule has 0 saturated heterocycles. The fourth-order valence-electron chi connectivity index (χ4n) is 1.89. The topological polar surface area (TPSA) is 121 Å². The van der Waals surface area contributed by atoms with Crippen LogP contribution in [0.3, 0.4) is 0 Å². The summed E-state index contributed by atoms with van der Waals surface area (Å²) in [5.74, 6) is -1.02. The number of carbonyl (C=O) groups is 2. The van der Waals surface area contributed by atoms with E-state index in [0.717, 1.165) is 0 Å². The van der Waals surface area contributed by atoms with Crippen LogP contribution < -0.4 is 10.1 Å². The summed E-state index contributed by atoms with van der Waals surface area (Å²) >= 11 is 0. The van der Waals surface area contributed by atoms with Crippen molar-refractivity contribution in [2.75, 3.05) is 18.5 Å². The van der Waals surface area contributed by atoms with Gasteiger partial charge in [0.15, 0.2) is 12.3 Å². The molecule has 0 aliphatic rings. The molecule has 1 amide bonds. The summed E-state index contributed by atoms with van der Waals surface area (Å²) in [4.78, 5) is 37.8. The number of nitro benzene ring substituents is 1. The van der Waals surface area contributed by atoms with Gasteiger partial charge in [-0.3, -0.25) is 14.9 Å². The highest BCUT2D eigenvalue weighted by molar-refractivity contribution is 6.00. The number of hydrogen-bond acceptors (Lipinski definition) is 7. The molecule has 0 unspecified atom stereocenters. The predicted octanol–water partition coefficient (Wildman–Crippen LogP) is 2.18. The van der Waals surface area contributed by atoms with Gasteiger partial charge >= 0.3 is 5.97 Å². The van der Waals surface area contributed by atoms with E-state index < -0.39 is 23.4 Å². The van der Waals surface area contributed by atoms with E-state index in [1.54, 1.807) is 13.0 Å². The van der Waals surface area contributed by atoms with E-state index >= 15 is 0 Å².